The topological polar surface area (TPSA) is 76.2 Å². The summed E-state index contributed by atoms with van der Waals surface area (Å²) in [6.45, 7) is 0. The Labute approximate surface area is 79.8 Å². The molecular weight excluding hydrogens is 200 g/mol. The van der Waals surface area contributed by atoms with Crippen LogP contribution >= 0.6 is 23.7 Å². The van der Waals surface area contributed by atoms with Gasteiger partial charge in [0.05, 0.1) is 5.01 Å². The fraction of sp³-hybridized carbons (Fsp3) is 0.333. The SMILES string of the molecule is Cl.NC(Cc1nccs1)C(=O)O. The molecule has 0 aromatic carbocycles. The van der Waals surface area contributed by atoms with E-state index in [-0.39, 0.29) is 12.4 Å². The number of nitrogens with two attached hydrogens (primary N) is 1. The van der Waals surface area contributed by atoms with Gasteiger partial charge in [-0.05, 0) is 0 Å². The summed E-state index contributed by atoms with van der Waals surface area (Å²) in [5.41, 5.74) is 5.27. The maximum absolute atomic E-state index is 10.3. The second-order valence-electron chi connectivity index (χ2n) is 2.07. The number of nitrogens with zero attached hydrogens (tertiary/aromatic N) is 1. The molecule has 0 spiro atoms. The summed E-state index contributed by atoms with van der Waals surface area (Å²) >= 11 is 1.41. The first-order valence-electron chi connectivity index (χ1n) is 3.07. The van der Waals surface area contributed by atoms with Crippen LogP contribution in [0, 0.1) is 0 Å². The molecule has 0 aliphatic rings. The lowest BCUT2D eigenvalue weighted by molar-refractivity contribution is -0.138. The van der Waals surface area contributed by atoms with Crippen LogP contribution in [0.4, 0.5) is 0 Å². The third kappa shape index (κ3) is 3.17. The molecule has 68 valence electrons. The van der Waals surface area contributed by atoms with Crippen molar-refractivity contribution in [2.75, 3.05) is 0 Å². The van der Waals surface area contributed by atoms with E-state index in [9.17, 15) is 4.79 Å². The van der Waals surface area contributed by atoms with Crippen LogP contribution < -0.4 is 5.73 Å². The van der Waals surface area contributed by atoms with Gasteiger partial charge in [-0.3, -0.25) is 4.79 Å². The first-order chi connectivity index (χ1) is 5.20. The monoisotopic (exact) mass is 208 g/mol. The van der Waals surface area contributed by atoms with E-state index >= 15 is 0 Å². The van der Waals surface area contributed by atoms with E-state index in [1.165, 1.54) is 11.3 Å². The predicted molar refractivity (Wildman–Crippen MR) is 48.7 cm³/mol. The molecule has 0 amide bonds. The average molecular weight is 209 g/mol. The number of carbonyl (C=O) groups is 1. The lowest BCUT2D eigenvalue weighted by Crippen LogP contribution is -2.32. The number of thiazole rings is 1. The molecule has 0 aliphatic carbocycles. The van der Waals surface area contributed by atoms with Gasteiger partial charge in [0, 0.05) is 18.0 Å². The minimum Gasteiger partial charge on any atom is -0.480 e. The van der Waals surface area contributed by atoms with E-state index < -0.39 is 12.0 Å². The van der Waals surface area contributed by atoms with Crippen LogP contribution in [0.3, 0.4) is 0 Å². The maximum Gasteiger partial charge on any atom is 0.320 e. The Hall–Kier alpha value is -0.650. The number of halogens is 1. The lowest BCUT2D eigenvalue weighted by atomic mass is 10.2. The van der Waals surface area contributed by atoms with E-state index in [1.807, 2.05) is 0 Å². The van der Waals surface area contributed by atoms with E-state index in [0.717, 1.165) is 5.01 Å². The van der Waals surface area contributed by atoms with Crippen molar-refractivity contribution in [1.29, 1.82) is 0 Å². The molecule has 6 heteroatoms. The van der Waals surface area contributed by atoms with Gasteiger partial charge in [0.15, 0.2) is 0 Å². The van der Waals surface area contributed by atoms with Crippen molar-refractivity contribution in [3.05, 3.63) is 16.6 Å². The van der Waals surface area contributed by atoms with Crippen LogP contribution in [0.15, 0.2) is 11.6 Å². The molecule has 1 rings (SSSR count). The second kappa shape index (κ2) is 5.08. The fourth-order valence-corrected chi connectivity index (χ4v) is 1.31. The van der Waals surface area contributed by atoms with Crippen LogP contribution in [0.1, 0.15) is 5.01 Å². The van der Waals surface area contributed by atoms with Crippen LogP contribution in [0.25, 0.3) is 0 Å². The average Bonchev–Trinajstić information content (AvgIpc) is 2.39. The third-order valence-electron chi connectivity index (χ3n) is 1.20. The van der Waals surface area contributed by atoms with E-state index in [2.05, 4.69) is 4.98 Å². The normalized spacial score (nSPS) is 11.8. The highest BCUT2D eigenvalue weighted by atomic mass is 35.5. The van der Waals surface area contributed by atoms with Crippen LogP contribution in [0.5, 0.6) is 0 Å². The Morgan fingerprint density at radius 3 is 2.92 bits per heavy atom. The van der Waals surface area contributed by atoms with Gasteiger partial charge in [0.25, 0.3) is 0 Å². The van der Waals surface area contributed by atoms with E-state index in [0.29, 0.717) is 6.42 Å². The smallest absolute Gasteiger partial charge is 0.320 e. The molecule has 0 aliphatic heterocycles. The number of carboxylic acid groups (broad SMARTS) is 1. The molecule has 4 nitrogen and oxygen atoms in total. The van der Waals surface area contributed by atoms with E-state index in [1.54, 1.807) is 11.6 Å². The largest absolute Gasteiger partial charge is 0.480 e. The van der Waals surface area contributed by atoms with Crippen molar-refractivity contribution in [2.45, 2.75) is 12.5 Å². The highest BCUT2D eigenvalue weighted by Gasteiger charge is 2.12. The fourth-order valence-electron chi connectivity index (χ4n) is 0.629. The molecule has 1 atom stereocenters. The Bertz CT molecular complexity index is 240. The standard InChI is InChI=1S/C6H8N2O2S.ClH/c7-4(6(9)10)3-5-8-1-2-11-5;/h1-2,4H,3,7H2,(H,9,10);1H. The molecule has 0 bridgehead atoms. The Kier molecular flexibility index (Phi) is 4.80. The summed E-state index contributed by atoms with van der Waals surface area (Å²) in [5, 5.41) is 11.0. The molecule has 1 aromatic rings. The quantitative estimate of drug-likeness (QED) is 0.760. The molecule has 0 fully saturated rings. The molecule has 3 N–H and O–H groups in total. The number of aromatic nitrogens is 1. The van der Waals surface area contributed by atoms with Crippen molar-refractivity contribution in [2.24, 2.45) is 5.73 Å². The number of aliphatic carboxylic acids is 1. The zero-order valence-corrected chi connectivity index (χ0v) is 7.77. The Morgan fingerprint density at radius 2 is 2.50 bits per heavy atom. The first-order valence-corrected chi connectivity index (χ1v) is 3.95. The van der Waals surface area contributed by atoms with Crippen LogP contribution in [0.2, 0.25) is 0 Å². The van der Waals surface area contributed by atoms with Crippen molar-refractivity contribution in [1.82, 2.24) is 4.98 Å². The summed E-state index contributed by atoms with van der Waals surface area (Å²) in [5.74, 6) is -0.986. The van der Waals surface area contributed by atoms with E-state index in [4.69, 9.17) is 10.8 Å². The van der Waals surface area contributed by atoms with Gasteiger partial charge < -0.3 is 10.8 Å². The Balaban J connectivity index is 0.00000121. The zero-order chi connectivity index (χ0) is 8.27. The summed E-state index contributed by atoms with van der Waals surface area (Å²) in [6.07, 6.45) is 1.95. The molecule has 0 radical (unpaired) electrons. The lowest BCUT2D eigenvalue weighted by Gasteiger charge is -2.01. The van der Waals surface area contributed by atoms with Crippen LogP contribution in [-0.4, -0.2) is 22.1 Å². The van der Waals surface area contributed by atoms with Gasteiger partial charge >= 0.3 is 5.97 Å². The van der Waals surface area contributed by atoms with Crippen LogP contribution in [-0.2, 0) is 11.2 Å². The minimum absolute atomic E-state index is 0. The molecule has 12 heavy (non-hydrogen) atoms. The van der Waals surface area contributed by atoms with Gasteiger partial charge in [0.1, 0.15) is 6.04 Å². The summed E-state index contributed by atoms with van der Waals surface area (Å²) < 4.78 is 0. The number of rotatable bonds is 3. The molecule has 0 saturated carbocycles. The van der Waals surface area contributed by atoms with Gasteiger partial charge in [-0.1, -0.05) is 0 Å². The van der Waals surface area contributed by atoms with Crippen molar-refractivity contribution >= 4 is 29.7 Å². The minimum atomic E-state index is -0.986. The number of hydrogen-bond acceptors (Lipinski definition) is 4. The van der Waals surface area contributed by atoms with Gasteiger partial charge in [0.2, 0.25) is 0 Å². The molecule has 0 saturated heterocycles. The van der Waals surface area contributed by atoms with Crippen molar-refractivity contribution < 1.29 is 9.90 Å². The van der Waals surface area contributed by atoms with Gasteiger partial charge in [-0.15, -0.1) is 23.7 Å². The summed E-state index contributed by atoms with van der Waals surface area (Å²) in [6, 6.07) is -0.832. The number of carboxylic acids is 1. The summed E-state index contributed by atoms with van der Waals surface area (Å²) in [7, 11) is 0. The zero-order valence-electron chi connectivity index (χ0n) is 6.14. The highest BCUT2D eigenvalue weighted by Crippen LogP contribution is 2.05. The number of hydrogen-bond donors (Lipinski definition) is 2. The molecular formula is C6H9ClN2O2S. The van der Waals surface area contributed by atoms with Crippen molar-refractivity contribution in [3.63, 3.8) is 0 Å². The maximum atomic E-state index is 10.3. The first kappa shape index (κ1) is 11.4. The molecule has 1 heterocycles. The van der Waals surface area contributed by atoms with Crippen molar-refractivity contribution in [3.8, 4) is 0 Å². The van der Waals surface area contributed by atoms with Gasteiger partial charge in [-0.25, -0.2) is 4.98 Å². The summed E-state index contributed by atoms with van der Waals surface area (Å²) in [4.78, 5) is 14.2. The second-order valence-corrected chi connectivity index (χ2v) is 3.05. The Morgan fingerprint density at radius 1 is 1.83 bits per heavy atom. The van der Waals surface area contributed by atoms with Gasteiger partial charge in [-0.2, -0.15) is 0 Å². The third-order valence-corrected chi connectivity index (χ3v) is 2.00. The highest BCUT2D eigenvalue weighted by molar-refractivity contribution is 7.09. The molecule has 1 unspecified atom stereocenters. The predicted octanol–water partition coefficient (Wildman–Crippen LogP) is 0.519. The molecule has 1 aromatic heterocycles.